The van der Waals surface area contributed by atoms with Gasteiger partial charge in [-0.3, -0.25) is 0 Å². The molecule has 1 unspecified atom stereocenters. The third-order valence-corrected chi connectivity index (χ3v) is 4.86. The predicted octanol–water partition coefficient (Wildman–Crippen LogP) is 6.96. The van der Waals surface area contributed by atoms with Gasteiger partial charge in [0.15, 0.2) is 11.6 Å². The van der Waals surface area contributed by atoms with Gasteiger partial charge in [0, 0.05) is 0 Å². The van der Waals surface area contributed by atoms with E-state index in [1.165, 1.54) is 49.4 Å². The summed E-state index contributed by atoms with van der Waals surface area (Å²) in [5.41, 5.74) is -0.941. The average molecular weight is 452 g/mol. The van der Waals surface area contributed by atoms with Crippen LogP contribution in [-0.2, 0) is 16.8 Å². The smallest absolute Gasteiger partial charge is 0.387 e. The van der Waals surface area contributed by atoms with Crippen LogP contribution in [0.1, 0.15) is 18.1 Å². The highest BCUT2D eigenvalue weighted by Crippen LogP contribution is 2.33. The minimum Gasteiger partial charge on any atom is -0.454 e. The van der Waals surface area contributed by atoms with Crippen molar-refractivity contribution in [3.05, 3.63) is 89.7 Å². The molecule has 0 radical (unpaired) electrons. The third kappa shape index (κ3) is 5.97. The van der Waals surface area contributed by atoms with E-state index in [1.807, 2.05) is 0 Å². The zero-order valence-corrected chi connectivity index (χ0v) is 17.1. The van der Waals surface area contributed by atoms with Gasteiger partial charge in [0.1, 0.15) is 11.5 Å². The SMILES string of the molecule is CC(COCc1ccc(F)c(Oc2ccccc2)c1)(c1ccc(OC(F)F)cc1)C(F)F. The summed E-state index contributed by atoms with van der Waals surface area (Å²) in [5.74, 6) is -0.253. The van der Waals surface area contributed by atoms with Gasteiger partial charge in [0.05, 0.1) is 18.6 Å². The van der Waals surface area contributed by atoms with E-state index in [-0.39, 0.29) is 30.3 Å². The van der Waals surface area contributed by atoms with Crippen molar-refractivity contribution in [2.45, 2.75) is 32.0 Å². The van der Waals surface area contributed by atoms with Gasteiger partial charge in [-0.1, -0.05) is 36.4 Å². The maximum Gasteiger partial charge on any atom is 0.387 e. The number of ether oxygens (including phenoxy) is 3. The van der Waals surface area contributed by atoms with E-state index in [0.717, 1.165) is 0 Å². The maximum atomic E-state index is 14.1. The number of alkyl halides is 4. The molecule has 0 heterocycles. The van der Waals surface area contributed by atoms with Crippen LogP contribution >= 0.6 is 0 Å². The second-order valence-corrected chi connectivity index (χ2v) is 7.29. The summed E-state index contributed by atoms with van der Waals surface area (Å²) in [6.45, 7) is -2.10. The lowest BCUT2D eigenvalue weighted by molar-refractivity contribution is -0.0499. The highest BCUT2D eigenvalue weighted by Gasteiger charge is 2.37. The third-order valence-electron chi connectivity index (χ3n) is 4.86. The molecule has 0 saturated heterocycles. The van der Waals surface area contributed by atoms with E-state index in [1.54, 1.807) is 30.3 Å². The Hall–Kier alpha value is -3.13. The van der Waals surface area contributed by atoms with Crippen LogP contribution in [0.15, 0.2) is 72.8 Å². The topological polar surface area (TPSA) is 27.7 Å². The first-order chi connectivity index (χ1) is 15.3. The fourth-order valence-electron chi connectivity index (χ4n) is 3.00. The minimum atomic E-state index is -3.00. The first-order valence-corrected chi connectivity index (χ1v) is 9.70. The van der Waals surface area contributed by atoms with Crippen LogP contribution in [0.3, 0.4) is 0 Å². The van der Waals surface area contributed by atoms with Crippen LogP contribution in [0.5, 0.6) is 17.2 Å². The van der Waals surface area contributed by atoms with E-state index in [0.29, 0.717) is 11.3 Å². The molecule has 0 aliphatic carbocycles. The van der Waals surface area contributed by atoms with E-state index in [9.17, 15) is 22.0 Å². The van der Waals surface area contributed by atoms with Gasteiger partial charge in [-0.25, -0.2) is 13.2 Å². The van der Waals surface area contributed by atoms with Crippen molar-refractivity contribution in [2.24, 2.45) is 0 Å². The molecular weight excluding hydrogens is 431 g/mol. The second kappa shape index (κ2) is 10.5. The van der Waals surface area contributed by atoms with Crippen LogP contribution in [0.4, 0.5) is 22.0 Å². The molecule has 0 aliphatic heterocycles. The molecule has 170 valence electrons. The van der Waals surface area contributed by atoms with Crippen molar-refractivity contribution in [1.29, 1.82) is 0 Å². The number of benzene rings is 3. The Labute approximate surface area is 182 Å². The number of hydrogen-bond donors (Lipinski definition) is 0. The number of halogens is 5. The van der Waals surface area contributed by atoms with Crippen molar-refractivity contribution in [3.8, 4) is 17.2 Å². The Bertz CT molecular complexity index is 996. The average Bonchev–Trinajstić information content (AvgIpc) is 2.76. The molecule has 3 aromatic carbocycles. The zero-order valence-electron chi connectivity index (χ0n) is 17.1. The fourth-order valence-corrected chi connectivity index (χ4v) is 3.00. The number of hydrogen-bond acceptors (Lipinski definition) is 3. The summed E-state index contributed by atoms with van der Waals surface area (Å²) >= 11 is 0. The first kappa shape index (κ1) is 23.5. The largest absolute Gasteiger partial charge is 0.454 e. The fraction of sp³-hybridized carbons (Fsp3) is 0.250. The standard InChI is InChI=1S/C24H21F5O3/c1-24(22(26)27,17-8-10-19(11-9-17)32-23(28)29)15-30-14-16-7-12-20(25)21(13-16)31-18-5-3-2-4-6-18/h2-13,22-23H,14-15H2,1H3. The van der Waals surface area contributed by atoms with Crippen molar-refractivity contribution in [1.82, 2.24) is 0 Å². The van der Waals surface area contributed by atoms with Gasteiger partial charge in [0.25, 0.3) is 0 Å². The molecule has 0 N–H and O–H groups in total. The van der Waals surface area contributed by atoms with E-state index < -0.39 is 24.3 Å². The Morgan fingerprint density at radius 2 is 1.53 bits per heavy atom. The molecule has 0 saturated carbocycles. The Morgan fingerprint density at radius 1 is 0.844 bits per heavy atom. The molecule has 3 aromatic rings. The van der Waals surface area contributed by atoms with Crippen LogP contribution in [0.25, 0.3) is 0 Å². The van der Waals surface area contributed by atoms with E-state index >= 15 is 0 Å². The molecule has 0 fully saturated rings. The molecule has 0 aromatic heterocycles. The van der Waals surface area contributed by atoms with Crippen LogP contribution in [0, 0.1) is 5.82 Å². The Balaban J connectivity index is 1.67. The van der Waals surface area contributed by atoms with Gasteiger partial charge in [-0.2, -0.15) is 8.78 Å². The number of rotatable bonds is 10. The van der Waals surface area contributed by atoms with Crippen molar-refractivity contribution >= 4 is 0 Å². The summed E-state index contributed by atoms with van der Waals surface area (Å²) in [7, 11) is 0. The quantitative estimate of drug-likeness (QED) is 0.311. The highest BCUT2D eigenvalue weighted by molar-refractivity contribution is 5.35. The van der Waals surface area contributed by atoms with Crippen molar-refractivity contribution < 1.29 is 36.2 Å². The van der Waals surface area contributed by atoms with Crippen LogP contribution in [0.2, 0.25) is 0 Å². The van der Waals surface area contributed by atoms with E-state index in [2.05, 4.69) is 4.74 Å². The first-order valence-electron chi connectivity index (χ1n) is 9.70. The van der Waals surface area contributed by atoms with Crippen LogP contribution < -0.4 is 9.47 Å². The van der Waals surface area contributed by atoms with Gasteiger partial charge in [-0.15, -0.1) is 0 Å². The lowest BCUT2D eigenvalue weighted by Crippen LogP contribution is -2.36. The van der Waals surface area contributed by atoms with Crippen LogP contribution in [-0.4, -0.2) is 19.6 Å². The molecule has 0 aliphatic rings. The minimum absolute atomic E-state index is 0.0106. The van der Waals surface area contributed by atoms with E-state index in [4.69, 9.17) is 9.47 Å². The molecule has 3 rings (SSSR count). The van der Waals surface area contributed by atoms with Gasteiger partial charge in [-0.05, 0) is 54.4 Å². The lowest BCUT2D eigenvalue weighted by atomic mass is 9.83. The normalized spacial score (nSPS) is 13.2. The van der Waals surface area contributed by atoms with Crippen molar-refractivity contribution in [2.75, 3.05) is 6.61 Å². The number of para-hydroxylation sites is 1. The highest BCUT2D eigenvalue weighted by atomic mass is 19.3. The van der Waals surface area contributed by atoms with Gasteiger partial charge < -0.3 is 14.2 Å². The lowest BCUT2D eigenvalue weighted by Gasteiger charge is -2.29. The molecule has 3 nitrogen and oxygen atoms in total. The monoisotopic (exact) mass is 452 g/mol. The maximum absolute atomic E-state index is 14.1. The summed E-state index contributed by atoms with van der Waals surface area (Å²) in [4.78, 5) is 0. The zero-order chi connectivity index (χ0) is 23.1. The molecule has 0 bridgehead atoms. The van der Waals surface area contributed by atoms with Crippen molar-refractivity contribution in [3.63, 3.8) is 0 Å². The summed E-state index contributed by atoms with van der Waals surface area (Å²) < 4.78 is 81.7. The molecule has 8 heteroatoms. The van der Waals surface area contributed by atoms with Gasteiger partial charge >= 0.3 is 6.61 Å². The Kier molecular flexibility index (Phi) is 7.69. The molecular formula is C24H21F5O3. The summed E-state index contributed by atoms with van der Waals surface area (Å²) in [5, 5.41) is 0. The van der Waals surface area contributed by atoms with Gasteiger partial charge in [0.2, 0.25) is 6.43 Å². The molecule has 1 atom stereocenters. The Morgan fingerprint density at radius 3 is 2.16 bits per heavy atom. The summed E-state index contributed by atoms with van der Waals surface area (Å²) in [6, 6.07) is 17.8. The predicted molar refractivity (Wildman–Crippen MR) is 109 cm³/mol. The molecule has 0 amide bonds. The summed E-state index contributed by atoms with van der Waals surface area (Å²) in [6.07, 6.45) is -2.78. The second-order valence-electron chi connectivity index (χ2n) is 7.29. The molecule has 32 heavy (non-hydrogen) atoms. The molecule has 0 spiro atoms.